The van der Waals surface area contributed by atoms with Gasteiger partial charge in [0.2, 0.25) is 0 Å². The van der Waals surface area contributed by atoms with Crippen molar-refractivity contribution in [3.63, 3.8) is 0 Å². The van der Waals surface area contributed by atoms with Crippen LogP contribution in [0.15, 0.2) is 12.4 Å². The van der Waals surface area contributed by atoms with Gasteiger partial charge in [-0.1, -0.05) is 13.8 Å². The SMILES string of the molecule is CCC(CC)(OC)C(O)CCc1nccn1C. The molecule has 1 rings (SSSR count). The molecule has 4 nitrogen and oxygen atoms in total. The summed E-state index contributed by atoms with van der Waals surface area (Å²) in [4.78, 5) is 4.26. The first-order valence-corrected chi connectivity index (χ1v) is 6.29. The van der Waals surface area contributed by atoms with Gasteiger partial charge in [0.05, 0.1) is 11.7 Å². The summed E-state index contributed by atoms with van der Waals surface area (Å²) < 4.78 is 7.51. The molecular weight excluding hydrogens is 216 g/mol. The first kappa shape index (κ1) is 14.2. The molecule has 98 valence electrons. The second-order valence-corrected chi connectivity index (χ2v) is 4.48. The Labute approximate surface area is 104 Å². The fourth-order valence-corrected chi connectivity index (χ4v) is 2.31. The lowest BCUT2D eigenvalue weighted by molar-refractivity contribution is -0.109. The van der Waals surface area contributed by atoms with Gasteiger partial charge in [0.15, 0.2) is 0 Å². The lowest BCUT2D eigenvalue weighted by Crippen LogP contribution is -2.43. The molecule has 0 spiro atoms. The van der Waals surface area contributed by atoms with Gasteiger partial charge < -0.3 is 14.4 Å². The fourth-order valence-electron chi connectivity index (χ4n) is 2.31. The summed E-state index contributed by atoms with van der Waals surface area (Å²) in [7, 11) is 3.65. The summed E-state index contributed by atoms with van der Waals surface area (Å²) in [5, 5.41) is 10.3. The Morgan fingerprint density at radius 2 is 2.12 bits per heavy atom. The predicted octanol–water partition coefficient (Wildman–Crippen LogP) is 1.92. The van der Waals surface area contributed by atoms with Crippen molar-refractivity contribution in [2.75, 3.05) is 7.11 Å². The van der Waals surface area contributed by atoms with Gasteiger partial charge in [0, 0.05) is 33.0 Å². The summed E-state index contributed by atoms with van der Waals surface area (Å²) in [6.07, 6.45) is 6.36. The molecule has 0 amide bonds. The molecule has 1 heterocycles. The number of methoxy groups -OCH3 is 1. The van der Waals surface area contributed by atoms with Crippen molar-refractivity contribution in [3.05, 3.63) is 18.2 Å². The second kappa shape index (κ2) is 6.17. The molecule has 0 saturated heterocycles. The molecule has 0 aromatic carbocycles. The maximum absolute atomic E-state index is 10.3. The van der Waals surface area contributed by atoms with Crippen molar-refractivity contribution in [3.8, 4) is 0 Å². The highest BCUT2D eigenvalue weighted by atomic mass is 16.5. The smallest absolute Gasteiger partial charge is 0.108 e. The van der Waals surface area contributed by atoms with Crippen LogP contribution in [0.25, 0.3) is 0 Å². The lowest BCUT2D eigenvalue weighted by atomic mass is 9.87. The van der Waals surface area contributed by atoms with Crippen LogP contribution in [0.5, 0.6) is 0 Å². The van der Waals surface area contributed by atoms with Gasteiger partial charge in [-0.3, -0.25) is 0 Å². The fraction of sp³-hybridized carbons (Fsp3) is 0.769. The molecule has 0 aliphatic rings. The minimum Gasteiger partial charge on any atom is -0.390 e. The molecule has 0 aliphatic heterocycles. The van der Waals surface area contributed by atoms with Gasteiger partial charge in [-0.25, -0.2) is 4.98 Å². The van der Waals surface area contributed by atoms with E-state index in [9.17, 15) is 5.11 Å². The van der Waals surface area contributed by atoms with Crippen LogP contribution in [0.2, 0.25) is 0 Å². The second-order valence-electron chi connectivity index (χ2n) is 4.48. The van der Waals surface area contributed by atoms with Crippen molar-refractivity contribution < 1.29 is 9.84 Å². The molecule has 1 N–H and O–H groups in total. The number of aryl methyl sites for hydroxylation is 2. The number of ether oxygens (including phenoxy) is 1. The number of rotatable bonds is 7. The van der Waals surface area contributed by atoms with Crippen molar-refractivity contribution in [1.82, 2.24) is 9.55 Å². The number of imidazole rings is 1. The van der Waals surface area contributed by atoms with Gasteiger partial charge in [-0.2, -0.15) is 0 Å². The van der Waals surface area contributed by atoms with E-state index in [1.807, 2.05) is 17.8 Å². The first-order chi connectivity index (χ1) is 8.09. The van der Waals surface area contributed by atoms with Crippen LogP contribution < -0.4 is 0 Å². The number of aliphatic hydroxyl groups excluding tert-OH is 1. The van der Waals surface area contributed by atoms with E-state index in [0.717, 1.165) is 25.1 Å². The topological polar surface area (TPSA) is 47.3 Å². The van der Waals surface area contributed by atoms with Gasteiger partial charge in [0.1, 0.15) is 5.82 Å². The predicted molar refractivity (Wildman–Crippen MR) is 67.9 cm³/mol. The van der Waals surface area contributed by atoms with E-state index in [1.54, 1.807) is 13.3 Å². The van der Waals surface area contributed by atoms with E-state index < -0.39 is 11.7 Å². The molecule has 0 radical (unpaired) electrons. The first-order valence-electron chi connectivity index (χ1n) is 6.29. The molecule has 0 saturated carbocycles. The number of aromatic nitrogens is 2. The monoisotopic (exact) mass is 240 g/mol. The Balaban J connectivity index is 2.59. The Morgan fingerprint density at radius 1 is 1.47 bits per heavy atom. The van der Waals surface area contributed by atoms with E-state index in [1.165, 1.54) is 0 Å². The molecule has 17 heavy (non-hydrogen) atoms. The molecule has 0 bridgehead atoms. The van der Waals surface area contributed by atoms with E-state index in [4.69, 9.17) is 4.74 Å². The van der Waals surface area contributed by atoms with Crippen LogP contribution >= 0.6 is 0 Å². The van der Waals surface area contributed by atoms with Crippen molar-refractivity contribution in [2.24, 2.45) is 7.05 Å². The zero-order valence-corrected chi connectivity index (χ0v) is 11.3. The molecule has 1 unspecified atom stereocenters. The highest BCUT2D eigenvalue weighted by molar-refractivity contribution is 4.94. The molecule has 1 aromatic heterocycles. The van der Waals surface area contributed by atoms with Gasteiger partial charge in [-0.05, 0) is 19.3 Å². The highest BCUT2D eigenvalue weighted by Gasteiger charge is 2.34. The highest BCUT2D eigenvalue weighted by Crippen LogP contribution is 2.26. The minimum atomic E-state index is -0.445. The van der Waals surface area contributed by atoms with Crippen LogP contribution in [0.4, 0.5) is 0 Å². The summed E-state index contributed by atoms with van der Waals surface area (Å²) >= 11 is 0. The van der Waals surface area contributed by atoms with Crippen LogP contribution in [-0.2, 0) is 18.2 Å². The lowest BCUT2D eigenvalue weighted by Gasteiger charge is -2.35. The van der Waals surface area contributed by atoms with Crippen LogP contribution in [0.1, 0.15) is 38.9 Å². The average Bonchev–Trinajstić information content (AvgIpc) is 2.75. The maximum Gasteiger partial charge on any atom is 0.108 e. The Morgan fingerprint density at radius 3 is 2.53 bits per heavy atom. The largest absolute Gasteiger partial charge is 0.390 e. The van der Waals surface area contributed by atoms with E-state index in [0.29, 0.717) is 6.42 Å². The summed E-state index contributed by atoms with van der Waals surface area (Å²) in [5.41, 5.74) is -0.412. The summed E-state index contributed by atoms with van der Waals surface area (Å²) in [6.45, 7) is 4.11. The van der Waals surface area contributed by atoms with E-state index in [-0.39, 0.29) is 0 Å². The number of hydrogen-bond donors (Lipinski definition) is 1. The summed E-state index contributed by atoms with van der Waals surface area (Å²) in [5.74, 6) is 1.00. The molecule has 0 fully saturated rings. The molecule has 1 aromatic rings. The Hall–Kier alpha value is -0.870. The normalized spacial score (nSPS) is 13.9. The van der Waals surface area contributed by atoms with Crippen molar-refractivity contribution in [1.29, 1.82) is 0 Å². The maximum atomic E-state index is 10.3. The van der Waals surface area contributed by atoms with Crippen LogP contribution in [-0.4, -0.2) is 33.5 Å². The minimum absolute atomic E-state index is 0.412. The number of aliphatic hydroxyl groups is 1. The third-order valence-electron chi connectivity index (χ3n) is 3.77. The molecule has 0 aliphatic carbocycles. The molecule has 1 atom stereocenters. The molecular formula is C13H24N2O2. The number of hydrogen-bond acceptors (Lipinski definition) is 3. The molecule has 4 heteroatoms. The number of nitrogens with zero attached hydrogens (tertiary/aromatic N) is 2. The average molecular weight is 240 g/mol. The van der Waals surface area contributed by atoms with Gasteiger partial charge in [-0.15, -0.1) is 0 Å². The van der Waals surface area contributed by atoms with Crippen LogP contribution in [0, 0.1) is 0 Å². The van der Waals surface area contributed by atoms with Crippen molar-refractivity contribution >= 4 is 0 Å². The Bertz CT molecular complexity index is 324. The van der Waals surface area contributed by atoms with E-state index in [2.05, 4.69) is 18.8 Å². The summed E-state index contributed by atoms with van der Waals surface area (Å²) in [6, 6.07) is 0. The standard InChI is InChI=1S/C13H24N2O2/c1-5-13(6-2,17-4)11(16)7-8-12-14-9-10-15(12)3/h9-11,16H,5-8H2,1-4H3. The van der Waals surface area contributed by atoms with E-state index >= 15 is 0 Å². The van der Waals surface area contributed by atoms with Crippen LogP contribution in [0.3, 0.4) is 0 Å². The quantitative estimate of drug-likeness (QED) is 0.792. The van der Waals surface area contributed by atoms with Gasteiger partial charge >= 0.3 is 0 Å². The zero-order chi connectivity index (χ0) is 12.9. The zero-order valence-electron chi connectivity index (χ0n) is 11.3. The Kier molecular flexibility index (Phi) is 5.15. The third-order valence-corrected chi connectivity index (χ3v) is 3.77. The third kappa shape index (κ3) is 3.07. The van der Waals surface area contributed by atoms with Crippen molar-refractivity contribution in [2.45, 2.75) is 51.2 Å². The van der Waals surface area contributed by atoms with Gasteiger partial charge in [0.25, 0.3) is 0 Å².